The number of aldehydes is 1. The minimum atomic E-state index is 0.488. The lowest BCUT2D eigenvalue weighted by Crippen LogP contribution is -2.04. The first-order chi connectivity index (χ1) is 10.1. The minimum absolute atomic E-state index is 0.488. The van der Waals surface area contributed by atoms with Gasteiger partial charge in [0.2, 0.25) is 0 Å². The van der Waals surface area contributed by atoms with E-state index in [1.807, 2.05) is 35.1 Å². The van der Waals surface area contributed by atoms with Crippen molar-refractivity contribution in [3.8, 4) is 17.0 Å². The first-order valence-corrected chi connectivity index (χ1v) is 7.40. The average Bonchev–Trinajstić information content (AvgIpc) is 2.87. The molecule has 0 spiro atoms. The first-order valence-electron chi connectivity index (χ1n) is 7.40. The summed E-state index contributed by atoms with van der Waals surface area (Å²) in [6, 6.07) is 7.72. The molecule has 2 rings (SSSR count). The summed E-state index contributed by atoms with van der Waals surface area (Å²) in [6.45, 7) is 7.84. The van der Waals surface area contributed by atoms with Crippen LogP contribution in [0.5, 0.6) is 5.75 Å². The van der Waals surface area contributed by atoms with E-state index in [4.69, 9.17) is 4.74 Å². The fourth-order valence-corrected chi connectivity index (χ4v) is 2.14. The van der Waals surface area contributed by atoms with E-state index in [2.05, 4.69) is 25.9 Å². The molecule has 112 valence electrons. The predicted molar refractivity (Wildman–Crippen MR) is 83.7 cm³/mol. The number of carbonyl (C=O) groups is 1. The standard InChI is InChI=1S/C17H22N2O2/c1-4-9-21-16-7-5-14(6-8-16)17-15(12-20)11-19(18-17)10-13(2)3/h5-8,11-13H,4,9-10H2,1-3H3. The molecule has 21 heavy (non-hydrogen) atoms. The molecule has 0 amide bonds. The maximum Gasteiger partial charge on any atom is 0.153 e. The van der Waals surface area contributed by atoms with E-state index in [0.717, 1.165) is 36.3 Å². The largest absolute Gasteiger partial charge is 0.494 e. The van der Waals surface area contributed by atoms with Gasteiger partial charge in [0.1, 0.15) is 11.4 Å². The molecule has 1 aromatic heterocycles. The summed E-state index contributed by atoms with van der Waals surface area (Å²) in [5.74, 6) is 1.33. The first kappa shape index (κ1) is 15.3. The second-order valence-corrected chi connectivity index (χ2v) is 5.54. The molecule has 1 heterocycles. The molecule has 0 aliphatic rings. The Bertz CT molecular complexity index is 585. The number of ether oxygens (including phenoxy) is 1. The van der Waals surface area contributed by atoms with Gasteiger partial charge in [0.25, 0.3) is 0 Å². The Morgan fingerprint density at radius 1 is 1.29 bits per heavy atom. The van der Waals surface area contributed by atoms with Gasteiger partial charge in [0, 0.05) is 18.3 Å². The van der Waals surface area contributed by atoms with Gasteiger partial charge in [-0.2, -0.15) is 5.10 Å². The highest BCUT2D eigenvalue weighted by Gasteiger charge is 2.11. The van der Waals surface area contributed by atoms with Crippen molar-refractivity contribution in [2.75, 3.05) is 6.61 Å². The van der Waals surface area contributed by atoms with Crippen LogP contribution in [0.4, 0.5) is 0 Å². The molecule has 0 saturated carbocycles. The Kier molecular flexibility index (Phi) is 5.14. The normalized spacial score (nSPS) is 10.9. The predicted octanol–water partition coefficient (Wildman–Crippen LogP) is 3.81. The Hall–Kier alpha value is -2.10. The van der Waals surface area contributed by atoms with Crippen LogP contribution in [0.3, 0.4) is 0 Å². The van der Waals surface area contributed by atoms with Crippen LogP contribution in [-0.2, 0) is 6.54 Å². The topological polar surface area (TPSA) is 44.1 Å². The molecule has 4 nitrogen and oxygen atoms in total. The molecule has 0 fully saturated rings. The number of nitrogens with zero attached hydrogens (tertiary/aromatic N) is 2. The maximum absolute atomic E-state index is 11.2. The molecule has 0 bridgehead atoms. The fourth-order valence-electron chi connectivity index (χ4n) is 2.14. The molecule has 0 aliphatic heterocycles. The molecular formula is C17H22N2O2. The lowest BCUT2D eigenvalue weighted by molar-refractivity contribution is 0.112. The lowest BCUT2D eigenvalue weighted by Gasteiger charge is -2.05. The second kappa shape index (κ2) is 7.07. The van der Waals surface area contributed by atoms with Crippen LogP contribution in [0.15, 0.2) is 30.5 Å². The highest BCUT2D eigenvalue weighted by molar-refractivity contribution is 5.85. The molecule has 0 aliphatic carbocycles. The number of aromatic nitrogens is 2. The van der Waals surface area contributed by atoms with Crippen molar-refractivity contribution in [1.29, 1.82) is 0 Å². The van der Waals surface area contributed by atoms with Crippen molar-refractivity contribution in [2.45, 2.75) is 33.7 Å². The van der Waals surface area contributed by atoms with Crippen molar-refractivity contribution in [2.24, 2.45) is 5.92 Å². The summed E-state index contributed by atoms with van der Waals surface area (Å²) in [7, 11) is 0. The van der Waals surface area contributed by atoms with E-state index >= 15 is 0 Å². The second-order valence-electron chi connectivity index (χ2n) is 5.54. The van der Waals surface area contributed by atoms with E-state index in [9.17, 15) is 4.79 Å². The summed E-state index contributed by atoms with van der Waals surface area (Å²) in [5, 5.41) is 4.53. The van der Waals surface area contributed by atoms with E-state index in [1.54, 1.807) is 0 Å². The van der Waals surface area contributed by atoms with Gasteiger partial charge in [0.15, 0.2) is 6.29 Å². The maximum atomic E-state index is 11.2. The van der Waals surface area contributed by atoms with Gasteiger partial charge in [-0.3, -0.25) is 9.48 Å². The lowest BCUT2D eigenvalue weighted by atomic mass is 10.1. The summed E-state index contributed by atoms with van der Waals surface area (Å²) < 4.78 is 7.40. The highest BCUT2D eigenvalue weighted by atomic mass is 16.5. The van der Waals surface area contributed by atoms with Gasteiger partial charge < -0.3 is 4.74 Å². The van der Waals surface area contributed by atoms with Crippen molar-refractivity contribution in [3.63, 3.8) is 0 Å². The van der Waals surface area contributed by atoms with Crippen LogP contribution in [0.25, 0.3) is 11.3 Å². The van der Waals surface area contributed by atoms with Gasteiger partial charge in [-0.1, -0.05) is 20.8 Å². The Morgan fingerprint density at radius 2 is 2.00 bits per heavy atom. The van der Waals surface area contributed by atoms with Gasteiger partial charge in [-0.25, -0.2) is 0 Å². The van der Waals surface area contributed by atoms with Gasteiger partial charge >= 0.3 is 0 Å². The number of hydrogen-bond donors (Lipinski definition) is 0. The van der Waals surface area contributed by atoms with Gasteiger partial charge in [0.05, 0.1) is 12.2 Å². The van der Waals surface area contributed by atoms with E-state index in [-0.39, 0.29) is 0 Å². The van der Waals surface area contributed by atoms with Crippen LogP contribution >= 0.6 is 0 Å². The van der Waals surface area contributed by atoms with E-state index in [1.165, 1.54) is 0 Å². The van der Waals surface area contributed by atoms with Gasteiger partial charge in [-0.15, -0.1) is 0 Å². The summed E-state index contributed by atoms with van der Waals surface area (Å²) in [4.78, 5) is 11.2. The Morgan fingerprint density at radius 3 is 2.57 bits per heavy atom. The summed E-state index contributed by atoms with van der Waals surface area (Å²) >= 11 is 0. The molecular weight excluding hydrogens is 264 g/mol. The van der Waals surface area contributed by atoms with E-state index < -0.39 is 0 Å². The average molecular weight is 286 g/mol. The Labute approximate surface area is 125 Å². The zero-order valence-corrected chi connectivity index (χ0v) is 12.9. The number of carbonyl (C=O) groups excluding carboxylic acids is 1. The smallest absolute Gasteiger partial charge is 0.153 e. The third kappa shape index (κ3) is 3.94. The monoisotopic (exact) mass is 286 g/mol. The molecule has 0 atom stereocenters. The van der Waals surface area contributed by atoms with Crippen molar-refractivity contribution < 1.29 is 9.53 Å². The van der Waals surface area contributed by atoms with E-state index in [0.29, 0.717) is 18.1 Å². The minimum Gasteiger partial charge on any atom is -0.494 e. The molecule has 1 aromatic carbocycles. The third-order valence-electron chi connectivity index (χ3n) is 3.07. The molecule has 0 N–H and O–H groups in total. The van der Waals surface area contributed by atoms with Crippen LogP contribution in [0.2, 0.25) is 0 Å². The third-order valence-corrected chi connectivity index (χ3v) is 3.07. The highest BCUT2D eigenvalue weighted by Crippen LogP contribution is 2.24. The summed E-state index contributed by atoms with van der Waals surface area (Å²) in [5.41, 5.74) is 2.29. The van der Waals surface area contributed by atoms with Crippen LogP contribution in [0, 0.1) is 5.92 Å². The summed E-state index contributed by atoms with van der Waals surface area (Å²) in [6.07, 6.45) is 3.65. The molecule has 4 heteroatoms. The van der Waals surface area contributed by atoms with Gasteiger partial charge in [-0.05, 0) is 36.6 Å². The number of rotatable bonds is 7. The quantitative estimate of drug-likeness (QED) is 0.727. The van der Waals surface area contributed by atoms with Crippen molar-refractivity contribution in [1.82, 2.24) is 9.78 Å². The fraction of sp³-hybridized carbons (Fsp3) is 0.412. The Balaban J connectivity index is 2.23. The van der Waals surface area contributed by atoms with Crippen LogP contribution in [-0.4, -0.2) is 22.7 Å². The molecule has 2 aromatic rings. The van der Waals surface area contributed by atoms with Crippen molar-refractivity contribution >= 4 is 6.29 Å². The molecule has 0 saturated heterocycles. The van der Waals surface area contributed by atoms with Crippen molar-refractivity contribution in [3.05, 3.63) is 36.0 Å². The SMILES string of the molecule is CCCOc1ccc(-c2nn(CC(C)C)cc2C=O)cc1. The number of hydrogen-bond acceptors (Lipinski definition) is 3. The molecule has 0 unspecified atom stereocenters. The van der Waals surface area contributed by atoms with Crippen LogP contribution in [0.1, 0.15) is 37.6 Å². The zero-order chi connectivity index (χ0) is 15.2. The molecule has 0 radical (unpaired) electrons. The number of benzene rings is 1. The zero-order valence-electron chi connectivity index (χ0n) is 12.9. The van der Waals surface area contributed by atoms with Crippen LogP contribution < -0.4 is 4.74 Å².